The smallest absolute Gasteiger partial charge is 0.409 e. The number of amides is 1. The summed E-state index contributed by atoms with van der Waals surface area (Å²) in [6.45, 7) is 5.10. The van der Waals surface area contributed by atoms with Crippen LogP contribution in [-0.4, -0.2) is 48.8 Å². The Bertz CT molecular complexity index is 387. The lowest BCUT2D eigenvalue weighted by molar-refractivity contribution is 0.105. The molecule has 1 fully saturated rings. The van der Waals surface area contributed by atoms with Crippen molar-refractivity contribution in [3.05, 3.63) is 6.20 Å². The summed E-state index contributed by atoms with van der Waals surface area (Å²) in [6.07, 6.45) is 1.43. The molecule has 1 amide bonds. The topological polar surface area (TPSA) is 71.7 Å². The Balaban J connectivity index is 1.88. The standard InChI is InChI=1S/C10H16N4O2S/c1-2-16-10(15)14-5-3-13(4-6-14)9-12-7-8(11)17-9/h7H,2-6,11H2,1H3. The zero-order chi connectivity index (χ0) is 12.3. The first-order chi connectivity index (χ1) is 8.20. The van der Waals surface area contributed by atoms with Crippen molar-refractivity contribution < 1.29 is 9.53 Å². The molecule has 0 bridgehead atoms. The van der Waals surface area contributed by atoms with Gasteiger partial charge in [0, 0.05) is 26.2 Å². The molecule has 1 aromatic rings. The fraction of sp³-hybridized carbons (Fsp3) is 0.600. The van der Waals surface area contributed by atoms with Crippen molar-refractivity contribution in [3.63, 3.8) is 0 Å². The van der Waals surface area contributed by atoms with E-state index in [1.54, 1.807) is 11.1 Å². The number of aromatic nitrogens is 1. The second-order valence-electron chi connectivity index (χ2n) is 3.72. The molecule has 1 aromatic heterocycles. The summed E-state index contributed by atoms with van der Waals surface area (Å²) < 4.78 is 4.96. The highest BCUT2D eigenvalue weighted by molar-refractivity contribution is 7.19. The molecule has 2 heterocycles. The zero-order valence-corrected chi connectivity index (χ0v) is 10.6. The monoisotopic (exact) mass is 256 g/mol. The first kappa shape index (κ1) is 12.0. The van der Waals surface area contributed by atoms with Gasteiger partial charge in [-0.2, -0.15) is 0 Å². The molecule has 1 aliphatic rings. The van der Waals surface area contributed by atoms with Crippen molar-refractivity contribution >= 4 is 27.6 Å². The van der Waals surface area contributed by atoms with Crippen LogP contribution in [0.15, 0.2) is 6.20 Å². The Morgan fingerprint density at radius 1 is 1.53 bits per heavy atom. The molecule has 0 radical (unpaired) electrons. The van der Waals surface area contributed by atoms with Gasteiger partial charge in [0.2, 0.25) is 0 Å². The van der Waals surface area contributed by atoms with E-state index in [1.807, 2.05) is 6.92 Å². The van der Waals surface area contributed by atoms with Gasteiger partial charge >= 0.3 is 6.09 Å². The second kappa shape index (κ2) is 5.22. The molecule has 0 aliphatic carbocycles. The van der Waals surface area contributed by atoms with Crippen LogP contribution in [0.4, 0.5) is 14.9 Å². The van der Waals surface area contributed by atoms with Crippen molar-refractivity contribution in [3.8, 4) is 0 Å². The number of carbonyl (C=O) groups excluding carboxylic acids is 1. The number of hydrogen-bond donors (Lipinski definition) is 1. The molecule has 0 atom stereocenters. The Morgan fingerprint density at radius 2 is 2.24 bits per heavy atom. The molecule has 0 aromatic carbocycles. The van der Waals surface area contributed by atoms with Crippen LogP contribution < -0.4 is 10.6 Å². The average Bonchev–Trinajstić information content (AvgIpc) is 2.76. The van der Waals surface area contributed by atoms with E-state index in [9.17, 15) is 4.79 Å². The number of carbonyl (C=O) groups is 1. The van der Waals surface area contributed by atoms with Crippen LogP contribution in [0.5, 0.6) is 0 Å². The first-order valence-corrected chi connectivity index (χ1v) is 6.40. The minimum atomic E-state index is -0.231. The molecule has 94 valence electrons. The maximum atomic E-state index is 11.5. The first-order valence-electron chi connectivity index (χ1n) is 5.58. The lowest BCUT2D eigenvalue weighted by Crippen LogP contribution is -2.48. The van der Waals surface area contributed by atoms with Crippen LogP contribution in [0.3, 0.4) is 0 Å². The van der Waals surface area contributed by atoms with Crippen LogP contribution in [0.25, 0.3) is 0 Å². The molecule has 2 N–H and O–H groups in total. The summed E-state index contributed by atoms with van der Waals surface area (Å²) in [5.74, 6) is 0. The number of rotatable bonds is 2. The largest absolute Gasteiger partial charge is 0.450 e. The molecule has 6 nitrogen and oxygen atoms in total. The number of thiazole rings is 1. The van der Waals surface area contributed by atoms with Gasteiger partial charge in [0.25, 0.3) is 0 Å². The number of piperazine rings is 1. The van der Waals surface area contributed by atoms with Crippen molar-refractivity contribution in [2.45, 2.75) is 6.92 Å². The number of anilines is 2. The predicted molar refractivity (Wildman–Crippen MR) is 67.3 cm³/mol. The van der Waals surface area contributed by atoms with E-state index < -0.39 is 0 Å². The lowest BCUT2D eigenvalue weighted by atomic mass is 10.3. The SMILES string of the molecule is CCOC(=O)N1CCN(c2ncc(N)s2)CC1. The number of nitrogen functional groups attached to an aromatic ring is 1. The molecule has 0 spiro atoms. The van der Waals surface area contributed by atoms with Gasteiger partial charge in [0.05, 0.1) is 12.8 Å². The van der Waals surface area contributed by atoms with Crippen LogP contribution in [0, 0.1) is 0 Å². The van der Waals surface area contributed by atoms with E-state index in [4.69, 9.17) is 10.5 Å². The molecular formula is C10H16N4O2S. The summed E-state index contributed by atoms with van der Waals surface area (Å²) in [4.78, 5) is 19.6. The molecule has 0 unspecified atom stereocenters. The minimum absolute atomic E-state index is 0.231. The van der Waals surface area contributed by atoms with Crippen LogP contribution in [0.2, 0.25) is 0 Å². The molecule has 1 aliphatic heterocycles. The van der Waals surface area contributed by atoms with Gasteiger partial charge in [0.1, 0.15) is 5.00 Å². The molecular weight excluding hydrogens is 240 g/mol. The summed E-state index contributed by atoms with van der Waals surface area (Å²) in [6, 6.07) is 0. The Hall–Kier alpha value is -1.50. The highest BCUT2D eigenvalue weighted by Gasteiger charge is 2.23. The highest BCUT2D eigenvalue weighted by atomic mass is 32.1. The summed E-state index contributed by atoms with van der Waals surface area (Å²) in [5.41, 5.74) is 5.65. The fourth-order valence-corrected chi connectivity index (χ4v) is 2.45. The fourth-order valence-electron chi connectivity index (χ4n) is 1.72. The third-order valence-corrected chi connectivity index (χ3v) is 3.47. The zero-order valence-electron chi connectivity index (χ0n) is 9.76. The van der Waals surface area contributed by atoms with E-state index in [2.05, 4.69) is 9.88 Å². The van der Waals surface area contributed by atoms with Gasteiger partial charge in [-0.15, -0.1) is 0 Å². The third kappa shape index (κ3) is 2.79. The number of hydrogen-bond acceptors (Lipinski definition) is 6. The van der Waals surface area contributed by atoms with E-state index in [0.717, 1.165) is 18.2 Å². The maximum absolute atomic E-state index is 11.5. The van der Waals surface area contributed by atoms with Crippen LogP contribution >= 0.6 is 11.3 Å². The van der Waals surface area contributed by atoms with Gasteiger partial charge in [-0.3, -0.25) is 0 Å². The predicted octanol–water partition coefficient (Wildman–Crippen LogP) is 1.00. The molecule has 2 rings (SSSR count). The Kier molecular flexibility index (Phi) is 3.68. The normalized spacial score (nSPS) is 16.1. The van der Waals surface area contributed by atoms with E-state index in [-0.39, 0.29) is 6.09 Å². The van der Waals surface area contributed by atoms with Crippen LogP contribution in [0.1, 0.15) is 6.92 Å². The number of nitrogens with zero attached hydrogens (tertiary/aromatic N) is 3. The van der Waals surface area contributed by atoms with Gasteiger partial charge in [0.15, 0.2) is 5.13 Å². The Labute approximate surface area is 104 Å². The van der Waals surface area contributed by atoms with Crippen molar-refractivity contribution in [1.29, 1.82) is 0 Å². The molecule has 1 saturated heterocycles. The Morgan fingerprint density at radius 3 is 2.76 bits per heavy atom. The summed E-state index contributed by atoms with van der Waals surface area (Å²) in [5, 5.41) is 1.64. The quantitative estimate of drug-likeness (QED) is 0.854. The van der Waals surface area contributed by atoms with Crippen molar-refractivity contribution in [2.24, 2.45) is 0 Å². The lowest BCUT2D eigenvalue weighted by Gasteiger charge is -2.33. The van der Waals surface area contributed by atoms with E-state index >= 15 is 0 Å². The summed E-state index contributed by atoms with van der Waals surface area (Å²) in [7, 11) is 0. The highest BCUT2D eigenvalue weighted by Crippen LogP contribution is 2.24. The number of ether oxygens (including phenoxy) is 1. The number of nitrogens with two attached hydrogens (primary N) is 1. The van der Waals surface area contributed by atoms with E-state index in [0.29, 0.717) is 24.7 Å². The maximum Gasteiger partial charge on any atom is 0.409 e. The van der Waals surface area contributed by atoms with Gasteiger partial charge < -0.3 is 20.3 Å². The van der Waals surface area contributed by atoms with Gasteiger partial charge in [-0.25, -0.2) is 9.78 Å². The third-order valence-electron chi connectivity index (χ3n) is 2.59. The molecule has 0 saturated carbocycles. The molecule has 7 heteroatoms. The van der Waals surface area contributed by atoms with Gasteiger partial charge in [-0.05, 0) is 6.92 Å². The van der Waals surface area contributed by atoms with Gasteiger partial charge in [-0.1, -0.05) is 11.3 Å². The van der Waals surface area contributed by atoms with Crippen LogP contribution in [-0.2, 0) is 4.74 Å². The molecule has 17 heavy (non-hydrogen) atoms. The average molecular weight is 256 g/mol. The van der Waals surface area contributed by atoms with E-state index in [1.165, 1.54) is 11.3 Å². The minimum Gasteiger partial charge on any atom is -0.450 e. The second-order valence-corrected chi connectivity index (χ2v) is 4.76. The summed E-state index contributed by atoms with van der Waals surface area (Å²) >= 11 is 1.47. The van der Waals surface area contributed by atoms with Crippen molar-refractivity contribution in [2.75, 3.05) is 43.4 Å². The van der Waals surface area contributed by atoms with Crippen molar-refractivity contribution in [1.82, 2.24) is 9.88 Å².